The van der Waals surface area contributed by atoms with Gasteiger partial charge in [-0.15, -0.1) is 0 Å². The minimum atomic E-state index is -1.05. The Morgan fingerprint density at radius 3 is 2.31 bits per heavy atom. The van der Waals surface area contributed by atoms with E-state index in [-0.39, 0.29) is 23.3 Å². The minimum Gasteiger partial charge on any atom is -0.478 e. The minimum absolute atomic E-state index is 0.00902. The number of nitrogens with zero attached hydrogens (tertiary/aromatic N) is 2. The molecule has 0 radical (unpaired) electrons. The Morgan fingerprint density at radius 2 is 1.66 bits per heavy atom. The van der Waals surface area contributed by atoms with Crippen LogP contribution in [0.25, 0.3) is 0 Å². The van der Waals surface area contributed by atoms with Crippen LogP contribution in [0, 0.1) is 12.8 Å². The van der Waals surface area contributed by atoms with Crippen molar-refractivity contribution in [3.05, 3.63) is 70.8 Å². The number of nitrogens with one attached hydrogen (secondary N) is 1. The number of aromatic carboxylic acids is 1. The van der Waals surface area contributed by atoms with Gasteiger partial charge >= 0.3 is 5.97 Å². The number of hydrazone groups is 1. The maximum absolute atomic E-state index is 12.7. The summed E-state index contributed by atoms with van der Waals surface area (Å²) in [5, 5.41) is 13.1. The molecule has 0 unspecified atom stereocenters. The highest BCUT2D eigenvalue weighted by molar-refractivity contribution is 5.98. The highest BCUT2D eigenvalue weighted by Gasteiger charge is 2.28. The second kappa shape index (κ2) is 9.14. The molecule has 29 heavy (non-hydrogen) atoms. The Morgan fingerprint density at radius 1 is 1.03 bits per heavy atom. The summed E-state index contributed by atoms with van der Waals surface area (Å²) in [4.78, 5) is 38.0. The lowest BCUT2D eigenvalue weighted by Gasteiger charge is -2.31. The van der Waals surface area contributed by atoms with Crippen LogP contribution in [0.15, 0.2) is 53.6 Å². The summed E-state index contributed by atoms with van der Waals surface area (Å²) in [5.41, 5.74) is 4.65. The van der Waals surface area contributed by atoms with Crippen LogP contribution in [0.2, 0.25) is 0 Å². The van der Waals surface area contributed by atoms with Crippen molar-refractivity contribution < 1.29 is 19.5 Å². The van der Waals surface area contributed by atoms with E-state index < -0.39 is 5.97 Å². The van der Waals surface area contributed by atoms with Crippen LogP contribution in [-0.2, 0) is 4.79 Å². The fraction of sp³-hybridized carbons (Fsp3) is 0.273. The molecule has 7 heteroatoms. The van der Waals surface area contributed by atoms with Crippen molar-refractivity contribution in [3.63, 3.8) is 0 Å². The highest BCUT2D eigenvalue weighted by atomic mass is 16.4. The van der Waals surface area contributed by atoms with Crippen molar-refractivity contribution >= 4 is 24.0 Å². The average molecular weight is 393 g/mol. The number of carboxylic acid groups (broad SMARTS) is 1. The number of benzene rings is 2. The van der Waals surface area contributed by atoms with Crippen LogP contribution < -0.4 is 5.43 Å². The SMILES string of the molecule is Cc1ccccc1C(=O)N1CCC(C(=O)NN=Cc2ccccc2C(=O)O)CC1. The van der Waals surface area contributed by atoms with Gasteiger partial charge in [0.15, 0.2) is 0 Å². The molecule has 0 aromatic heterocycles. The standard InChI is InChI=1S/C22H23N3O4/c1-15-6-2-4-8-18(15)21(27)25-12-10-16(11-13-25)20(26)24-23-14-17-7-3-5-9-19(17)22(28)29/h2-9,14,16H,10-13H2,1H3,(H,24,26)(H,28,29). The Kier molecular flexibility index (Phi) is 6.39. The maximum atomic E-state index is 12.7. The summed E-state index contributed by atoms with van der Waals surface area (Å²) in [5.74, 6) is -1.52. The van der Waals surface area contributed by atoms with E-state index in [1.165, 1.54) is 12.3 Å². The molecule has 0 bridgehead atoms. The Labute approximate surface area is 169 Å². The molecule has 2 aromatic rings. The zero-order valence-electron chi connectivity index (χ0n) is 16.2. The van der Waals surface area contributed by atoms with Gasteiger partial charge in [0.25, 0.3) is 5.91 Å². The van der Waals surface area contributed by atoms with Crippen LogP contribution in [-0.4, -0.2) is 47.1 Å². The number of likely N-dealkylation sites (tertiary alicyclic amines) is 1. The monoisotopic (exact) mass is 393 g/mol. The van der Waals surface area contributed by atoms with Crippen molar-refractivity contribution in [2.24, 2.45) is 11.0 Å². The zero-order chi connectivity index (χ0) is 20.8. The average Bonchev–Trinajstić information content (AvgIpc) is 2.74. The molecule has 0 saturated carbocycles. The molecular formula is C22H23N3O4. The predicted molar refractivity (Wildman–Crippen MR) is 109 cm³/mol. The van der Waals surface area contributed by atoms with E-state index in [2.05, 4.69) is 10.5 Å². The van der Waals surface area contributed by atoms with Gasteiger partial charge < -0.3 is 10.0 Å². The van der Waals surface area contributed by atoms with Crippen molar-refractivity contribution in [1.29, 1.82) is 0 Å². The van der Waals surface area contributed by atoms with Gasteiger partial charge in [-0.2, -0.15) is 5.10 Å². The fourth-order valence-electron chi connectivity index (χ4n) is 3.39. The molecule has 1 aliphatic rings. The summed E-state index contributed by atoms with van der Waals surface area (Å²) in [7, 11) is 0. The Hall–Kier alpha value is -3.48. The number of aryl methyl sites for hydroxylation is 1. The van der Waals surface area contributed by atoms with Crippen LogP contribution in [0.1, 0.15) is 44.7 Å². The first-order chi connectivity index (χ1) is 14.0. The number of carboxylic acids is 1. The van der Waals surface area contributed by atoms with E-state index in [0.29, 0.717) is 37.1 Å². The number of carbonyl (C=O) groups is 3. The molecule has 2 N–H and O–H groups in total. The third kappa shape index (κ3) is 4.87. The molecule has 150 valence electrons. The topological polar surface area (TPSA) is 99.1 Å². The Balaban J connectivity index is 1.54. The summed E-state index contributed by atoms with van der Waals surface area (Å²) in [6.45, 7) is 2.93. The lowest BCUT2D eigenvalue weighted by molar-refractivity contribution is -0.126. The molecule has 1 saturated heterocycles. The summed E-state index contributed by atoms with van der Waals surface area (Å²) in [6.07, 6.45) is 2.45. The molecule has 1 heterocycles. The maximum Gasteiger partial charge on any atom is 0.336 e. The van der Waals surface area contributed by atoms with E-state index in [1.807, 2.05) is 31.2 Å². The largest absolute Gasteiger partial charge is 0.478 e. The molecular weight excluding hydrogens is 370 g/mol. The molecule has 0 spiro atoms. The molecule has 3 rings (SSSR count). The third-order valence-corrected chi connectivity index (χ3v) is 5.10. The van der Waals surface area contributed by atoms with E-state index >= 15 is 0 Å². The summed E-state index contributed by atoms with van der Waals surface area (Å²) in [6, 6.07) is 13.9. The number of hydrogen-bond donors (Lipinski definition) is 2. The molecule has 2 aromatic carbocycles. The van der Waals surface area contributed by atoms with Crippen molar-refractivity contribution in [2.45, 2.75) is 19.8 Å². The molecule has 1 fully saturated rings. The van der Waals surface area contributed by atoms with E-state index in [9.17, 15) is 14.4 Å². The Bertz CT molecular complexity index is 947. The van der Waals surface area contributed by atoms with Gasteiger partial charge in [0.1, 0.15) is 0 Å². The van der Waals surface area contributed by atoms with Crippen LogP contribution in [0.3, 0.4) is 0 Å². The van der Waals surface area contributed by atoms with Gasteiger partial charge in [-0.25, -0.2) is 10.2 Å². The molecule has 7 nitrogen and oxygen atoms in total. The highest BCUT2D eigenvalue weighted by Crippen LogP contribution is 2.20. The first kappa shape index (κ1) is 20.3. The van der Waals surface area contributed by atoms with Gasteiger partial charge in [0.2, 0.25) is 5.91 Å². The molecule has 2 amide bonds. The van der Waals surface area contributed by atoms with Crippen molar-refractivity contribution in [2.75, 3.05) is 13.1 Å². The zero-order valence-corrected chi connectivity index (χ0v) is 16.2. The first-order valence-corrected chi connectivity index (χ1v) is 9.47. The lowest BCUT2D eigenvalue weighted by Crippen LogP contribution is -2.42. The van der Waals surface area contributed by atoms with Crippen molar-refractivity contribution in [3.8, 4) is 0 Å². The number of rotatable bonds is 5. The summed E-state index contributed by atoms with van der Waals surface area (Å²) >= 11 is 0. The predicted octanol–water partition coefficient (Wildman–Crippen LogP) is 2.70. The molecule has 1 aliphatic heterocycles. The van der Waals surface area contributed by atoms with Gasteiger partial charge in [-0.3, -0.25) is 9.59 Å². The third-order valence-electron chi connectivity index (χ3n) is 5.10. The number of carbonyl (C=O) groups excluding carboxylic acids is 2. The second-order valence-electron chi connectivity index (χ2n) is 7.01. The van der Waals surface area contributed by atoms with E-state index in [4.69, 9.17) is 5.11 Å². The summed E-state index contributed by atoms with van der Waals surface area (Å²) < 4.78 is 0. The van der Waals surface area contributed by atoms with Crippen LogP contribution in [0.4, 0.5) is 0 Å². The first-order valence-electron chi connectivity index (χ1n) is 9.47. The lowest BCUT2D eigenvalue weighted by atomic mass is 9.95. The quantitative estimate of drug-likeness (QED) is 0.603. The molecule has 0 aliphatic carbocycles. The van der Waals surface area contributed by atoms with Gasteiger partial charge in [-0.05, 0) is 37.5 Å². The van der Waals surface area contributed by atoms with Gasteiger partial charge in [0, 0.05) is 30.1 Å². The van der Waals surface area contributed by atoms with Gasteiger partial charge in [0.05, 0.1) is 11.8 Å². The van der Waals surface area contributed by atoms with Crippen LogP contribution in [0.5, 0.6) is 0 Å². The van der Waals surface area contributed by atoms with Crippen molar-refractivity contribution in [1.82, 2.24) is 10.3 Å². The number of hydrogen-bond acceptors (Lipinski definition) is 4. The molecule has 0 atom stereocenters. The smallest absolute Gasteiger partial charge is 0.336 e. The number of amides is 2. The van der Waals surface area contributed by atoms with Gasteiger partial charge in [-0.1, -0.05) is 36.4 Å². The second-order valence-corrected chi connectivity index (χ2v) is 7.01. The van der Waals surface area contributed by atoms with E-state index in [1.54, 1.807) is 23.1 Å². The van der Waals surface area contributed by atoms with E-state index in [0.717, 1.165) is 5.56 Å². The fourth-order valence-corrected chi connectivity index (χ4v) is 3.39. The normalized spacial score (nSPS) is 14.7. The number of piperidine rings is 1. The van der Waals surface area contributed by atoms with Crippen LogP contribution >= 0.6 is 0 Å².